The van der Waals surface area contributed by atoms with Gasteiger partial charge in [0.05, 0.1) is 0 Å². The third-order valence-corrected chi connectivity index (χ3v) is 4.12. The zero-order valence-corrected chi connectivity index (χ0v) is 16.0. The number of carbonyl (C=O) groups excluding carboxylic acids is 1. The molecular weight excluding hydrogens is 367 g/mol. The average Bonchev–Trinajstić information content (AvgIpc) is 2.50. The second kappa shape index (κ2) is 21.3. The summed E-state index contributed by atoms with van der Waals surface area (Å²) in [6.07, 6.45) is 20.5. The van der Waals surface area contributed by atoms with Gasteiger partial charge in [-0.05, 0) is 6.42 Å². The van der Waals surface area contributed by atoms with Crippen LogP contribution in [0.5, 0.6) is 0 Å². The fourth-order valence-electron chi connectivity index (χ4n) is 2.70. The van der Waals surface area contributed by atoms with E-state index in [2.05, 4.69) is 11.6 Å². The van der Waals surface area contributed by atoms with Crippen molar-refractivity contribution >= 4 is 14.0 Å². The SMILES string of the molecule is [Ag].[B]OC(=O)CCCCCCCCCCCCCCCCC. The summed E-state index contributed by atoms with van der Waals surface area (Å²) in [5, 5.41) is 0. The molecule has 0 saturated heterocycles. The molecule has 0 aliphatic heterocycles. The topological polar surface area (TPSA) is 26.3 Å². The Morgan fingerprint density at radius 1 is 0.682 bits per heavy atom. The zero-order chi connectivity index (χ0) is 15.6. The van der Waals surface area contributed by atoms with Gasteiger partial charge in [-0.1, -0.05) is 96.8 Å². The van der Waals surface area contributed by atoms with Crippen LogP contribution in [-0.2, 0) is 31.8 Å². The third-order valence-electron chi connectivity index (χ3n) is 4.12. The molecule has 0 rings (SSSR count). The predicted molar refractivity (Wildman–Crippen MR) is 91.4 cm³/mol. The van der Waals surface area contributed by atoms with Crippen LogP contribution in [0.2, 0.25) is 0 Å². The minimum atomic E-state index is -0.287. The van der Waals surface area contributed by atoms with Gasteiger partial charge in [0, 0.05) is 28.8 Å². The molecule has 3 radical (unpaired) electrons. The molecule has 0 aliphatic carbocycles. The van der Waals surface area contributed by atoms with Crippen molar-refractivity contribution < 1.29 is 31.8 Å². The number of unbranched alkanes of at least 4 members (excludes halogenated alkanes) is 14. The van der Waals surface area contributed by atoms with Gasteiger partial charge in [0.1, 0.15) is 0 Å². The number of hydrogen-bond acceptors (Lipinski definition) is 2. The fraction of sp³-hybridized carbons (Fsp3) is 0.944. The van der Waals surface area contributed by atoms with Crippen molar-refractivity contribution in [2.75, 3.05) is 0 Å². The molecule has 0 fully saturated rings. The predicted octanol–water partition coefficient (Wildman–Crippen LogP) is 5.87. The molecule has 0 amide bonds. The summed E-state index contributed by atoms with van der Waals surface area (Å²) in [5.41, 5.74) is 0. The monoisotopic (exact) mass is 401 g/mol. The van der Waals surface area contributed by atoms with Crippen LogP contribution in [0.1, 0.15) is 110 Å². The van der Waals surface area contributed by atoms with Crippen LogP contribution < -0.4 is 0 Å². The Morgan fingerprint density at radius 3 is 1.32 bits per heavy atom. The molecule has 133 valence electrons. The molecule has 2 nitrogen and oxygen atoms in total. The first-order valence-corrected chi connectivity index (χ1v) is 9.20. The Bertz CT molecular complexity index is 225. The molecule has 0 aromatic carbocycles. The van der Waals surface area contributed by atoms with Crippen molar-refractivity contribution in [1.29, 1.82) is 0 Å². The Balaban J connectivity index is 0. The summed E-state index contributed by atoms with van der Waals surface area (Å²) < 4.78 is 4.13. The smallest absolute Gasteiger partial charge is 0.378 e. The number of rotatable bonds is 16. The fourth-order valence-corrected chi connectivity index (χ4v) is 2.70. The zero-order valence-electron chi connectivity index (χ0n) is 14.5. The van der Waals surface area contributed by atoms with Gasteiger partial charge in [-0.2, -0.15) is 0 Å². The Morgan fingerprint density at radius 2 is 1.00 bits per heavy atom. The molecule has 0 spiro atoms. The third kappa shape index (κ3) is 20.3. The molecular formula is C18H35AgBO2. The van der Waals surface area contributed by atoms with E-state index in [4.69, 9.17) is 8.05 Å². The van der Waals surface area contributed by atoms with Crippen molar-refractivity contribution in [3.05, 3.63) is 0 Å². The minimum Gasteiger partial charge on any atom is -0.543 e. The van der Waals surface area contributed by atoms with E-state index in [0.29, 0.717) is 6.42 Å². The first kappa shape index (κ1) is 24.5. The summed E-state index contributed by atoms with van der Waals surface area (Å²) >= 11 is 0. The normalized spacial score (nSPS) is 10.2. The summed E-state index contributed by atoms with van der Waals surface area (Å²) in [4.78, 5) is 10.8. The standard InChI is InChI=1S/C18H35BO2.Ag/c1-2-3-4-5-6-7-8-9-10-11-12-13-14-15-16-17-18(20)21-19;/h2-17H2,1H3;. The van der Waals surface area contributed by atoms with E-state index < -0.39 is 0 Å². The number of carbonyl (C=O) groups is 1. The van der Waals surface area contributed by atoms with Gasteiger partial charge >= 0.3 is 8.05 Å². The molecule has 4 heteroatoms. The Kier molecular flexibility index (Phi) is 23.7. The maximum absolute atomic E-state index is 10.8. The first-order chi connectivity index (χ1) is 10.3. The van der Waals surface area contributed by atoms with E-state index in [-0.39, 0.29) is 28.3 Å². The summed E-state index contributed by atoms with van der Waals surface area (Å²) in [6.45, 7) is 2.27. The van der Waals surface area contributed by atoms with E-state index >= 15 is 0 Å². The van der Waals surface area contributed by atoms with Gasteiger partial charge in [0.25, 0.3) is 5.97 Å². The molecule has 0 saturated carbocycles. The summed E-state index contributed by atoms with van der Waals surface area (Å²) in [6, 6.07) is 0. The maximum atomic E-state index is 10.8. The Labute approximate surface area is 155 Å². The van der Waals surface area contributed by atoms with Crippen molar-refractivity contribution in [2.45, 2.75) is 110 Å². The van der Waals surface area contributed by atoms with E-state index in [1.165, 1.54) is 83.5 Å². The van der Waals surface area contributed by atoms with Crippen molar-refractivity contribution in [1.82, 2.24) is 0 Å². The van der Waals surface area contributed by atoms with Gasteiger partial charge in [-0.3, -0.25) is 4.79 Å². The van der Waals surface area contributed by atoms with Crippen LogP contribution >= 0.6 is 0 Å². The molecule has 0 aromatic rings. The van der Waals surface area contributed by atoms with Crippen LogP contribution in [0.4, 0.5) is 0 Å². The second-order valence-electron chi connectivity index (χ2n) is 6.19. The summed E-state index contributed by atoms with van der Waals surface area (Å²) in [5.74, 6) is -0.287. The van der Waals surface area contributed by atoms with Crippen molar-refractivity contribution in [2.24, 2.45) is 0 Å². The molecule has 22 heavy (non-hydrogen) atoms. The van der Waals surface area contributed by atoms with Crippen LogP contribution in [0, 0.1) is 0 Å². The van der Waals surface area contributed by atoms with E-state index in [1.54, 1.807) is 0 Å². The van der Waals surface area contributed by atoms with Gasteiger partial charge < -0.3 is 4.65 Å². The van der Waals surface area contributed by atoms with Crippen LogP contribution in [0.3, 0.4) is 0 Å². The van der Waals surface area contributed by atoms with E-state index in [0.717, 1.165) is 12.8 Å². The van der Waals surface area contributed by atoms with Gasteiger partial charge in [0.2, 0.25) is 0 Å². The second-order valence-corrected chi connectivity index (χ2v) is 6.19. The van der Waals surface area contributed by atoms with Crippen LogP contribution in [0.15, 0.2) is 0 Å². The average molecular weight is 402 g/mol. The molecule has 0 heterocycles. The van der Waals surface area contributed by atoms with Gasteiger partial charge in [-0.15, -0.1) is 0 Å². The molecule has 0 N–H and O–H groups in total. The largest absolute Gasteiger partial charge is 0.543 e. The number of hydrogen-bond donors (Lipinski definition) is 0. The molecule has 0 aromatic heterocycles. The van der Waals surface area contributed by atoms with Crippen LogP contribution in [0.25, 0.3) is 0 Å². The minimum absolute atomic E-state index is 0. The van der Waals surface area contributed by atoms with Crippen LogP contribution in [-0.4, -0.2) is 14.0 Å². The quantitative estimate of drug-likeness (QED) is 0.238. The molecule has 0 aliphatic rings. The molecule has 0 atom stereocenters. The maximum Gasteiger partial charge on any atom is 0.378 e. The Hall–Kier alpha value is 0.275. The first-order valence-electron chi connectivity index (χ1n) is 9.20. The van der Waals surface area contributed by atoms with E-state index in [1.807, 2.05) is 0 Å². The van der Waals surface area contributed by atoms with Gasteiger partial charge in [-0.25, -0.2) is 0 Å². The molecule has 0 unspecified atom stereocenters. The molecule has 0 bridgehead atoms. The van der Waals surface area contributed by atoms with Gasteiger partial charge in [0.15, 0.2) is 0 Å². The van der Waals surface area contributed by atoms with Crippen molar-refractivity contribution in [3.8, 4) is 0 Å². The van der Waals surface area contributed by atoms with E-state index in [9.17, 15) is 4.79 Å². The summed E-state index contributed by atoms with van der Waals surface area (Å²) in [7, 11) is 4.78. The van der Waals surface area contributed by atoms with Crippen molar-refractivity contribution in [3.63, 3.8) is 0 Å².